The van der Waals surface area contributed by atoms with Gasteiger partial charge in [-0.15, -0.1) is 0 Å². The lowest BCUT2D eigenvalue weighted by Gasteiger charge is -2.37. The smallest absolute Gasteiger partial charge is 0.315 e. The number of rotatable bonds is 6. The number of benzene rings is 1. The molecule has 3 rings (SSSR count). The summed E-state index contributed by atoms with van der Waals surface area (Å²) in [6.45, 7) is 5.76. The minimum atomic E-state index is -0.277. The monoisotopic (exact) mass is 351 g/mol. The molecule has 25 heavy (non-hydrogen) atoms. The molecule has 0 bridgehead atoms. The SMILES string of the molecule is O=C(NCc1ccc(F)cc1)NCC(C1CCOC1)N1CCOCC1. The molecule has 2 aliphatic heterocycles. The lowest BCUT2D eigenvalue weighted by atomic mass is 9.97. The molecule has 2 heterocycles. The maximum Gasteiger partial charge on any atom is 0.315 e. The van der Waals surface area contributed by atoms with Crippen LogP contribution in [0.15, 0.2) is 24.3 Å². The van der Waals surface area contributed by atoms with Gasteiger partial charge < -0.3 is 20.1 Å². The maximum atomic E-state index is 12.9. The molecule has 1 aromatic rings. The largest absolute Gasteiger partial charge is 0.381 e. The Bertz CT molecular complexity index is 543. The number of carbonyl (C=O) groups excluding carboxylic acids is 1. The predicted molar refractivity (Wildman–Crippen MR) is 91.7 cm³/mol. The van der Waals surface area contributed by atoms with Gasteiger partial charge in [0.2, 0.25) is 0 Å². The van der Waals surface area contributed by atoms with E-state index < -0.39 is 0 Å². The standard InChI is InChI=1S/C18H26FN3O3/c19-16-3-1-14(2-4-16)11-20-18(23)21-12-17(15-5-8-25-13-15)22-6-9-24-10-7-22/h1-4,15,17H,5-13H2,(H2,20,21,23). The van der Waals surface area contributed by atoms with Crippen LogP contribution in [0.25, 0.3) is 0 Å². The van der Waals surface area contributed by atoms with Gasteiger partial charge in [-0.1, -0.05) is 12.1 Å². The first kappa shape index (κ1) is 18.1. The first-order valence-electron chi connectivity index (χ1n) is 8.88. The van der Waals surface area contributed by atoms with Crippen molar-refractivity contribution in [2.24, 2.45) is 5.92 Å². The Morgan fingerprint density at radius 2 is 1.92 bits per heavy atom. The molecule has 2 N–H and O–H groups in total. The van der Waals surface area contributed by atoms with Crippen molar-refractivity contribution in [2.45, 2.75) is 19.0 Å². The van der Waals surface area contributed by atoms with E-state index in [1.165, 1.54) is 12.1 Å². The highest BCUT2D eigenvalue weighted by Gasteiger charge is 2.31. The molecule has 2 amide bonds. The summed E-state index contributed by atoms with van der Waals surface area (Å²) < 4.78 is 23.9. The molecular formula is C18H26FN3O3. The second kappa shape index (κ2) is 9.12. The molecule has 2 aliphatic rings. The number of amides is 2. The molecule has 2 fully saturated rings. The Labute approximate surface area is 147 Å². The van der Waals surface area contributed by atoms with Crippen LogP contribution in [0.2, 0.25) is 0 Å². The summed E-state index contributed by atoms with van der Waals surface area (Å²) in [4.78, 5) is 14.5. The van der Waals surface area contributed by atoms with E-state index in [0.29, 0.717) is 19.0 Å². The van der Waals surface area contributed by atoms with Crippen molar-refractivity contribution < 1.29 is 18.7 Å². The first-order chi connectivity index (χ1) is 12.2. The third-order valence-electron chi connectivity index (χ3n) is 4.86. The second-order valence-corrected chi connectivity index (χ2v) is 6.53. The average molecular weight is 351 g/mol. The minimum absolute atomic E-state index is 0.207. The van der Waals surface area contributed by atoms with Crippen molar-refractivity contribution in [3.8, 4) is 0 Å². The highest BCUT2D eigenvalue weighted by atomic mass is 19.1. The molecule has 2 saturated heterocycles. The maximum absolute atomic E-state index is 12.9. The molecule has 1 aromatic carbocycles. The number of nitrogens with zero attached hydrogens (tertiary/aromatic N) is 1. The van der Waals surface area contributed by atoms with Crippen LogP contribution >= 0.6 is 0 Å². The van der Waals surface area contributed by atoms with Gasteiger partial charge in [-0.25, -0.2) is 9.18 Å². The first-order valence-corrected chi connectivity index (χ1v) is 8.88. The molecule has 0 aromatic heterocycles. The molecule has 138 valence electrons. The Hall–Kier alpha value is -1.70. The van der Waals surface area contributed by atoms with E-state index in [-0.39, 0.29) is 17.9 Å². The molecule has 2 unspecified atom stereocenters. The number of ether oxygens (including phenoxy) is 2. The van der Waals surface area contributed by atoms with Crippen LogP contribution in [-0.2, 0) is 16.0 Å². The van der Waals surface area contributed by atoms with Crippen molar-refractivity contribution in [2.75, 3.05) is 46.1 Å². The van der Waals surface area contributed by atoms with E-state index in [1.807, 2.05) is 0 Å². The fourth-order valence-electron chi connectivity index (χ4n) is 3.40. The van der Waals surface area contributed by atoms with E-state index in [4.69, 9.17) is 9.47 Å². The number of morpholine rings is 1. The number of halogens is 1. The van der Waals surface area contributed by atoms with Gasteiger partial charge in [0.25, 0.3) is 0 Å². The van der Waals surface area contributed by atoms with Gasteiger partial charge in [-0.3, -0.25) is 4.90 Å². The summed E-state index contributed by atoms with van der Waals surface area (Å²) in [5.41, 5.74) is 0.866. The lowest BCUT2D eigenvalue weighted by molar-refractivity contribution is 0.00212. The van der Waals surface area contributed by atoms with Crippen molar-refractivity contribution in [1.82, 2.24) is 15.5 Å². The van der Waals surface area contributed by atoms with Gasteiger partial charge in [-0.05, 0) is 24.1 Å². The van der Waals surface area contributed by atoms with Crippen molar-refractivity contribution in [1.29, 1.82) is 0 Å². The number of hydrogen-bond donors (Lipinski definition) is 2. The summed E-state index contributed by atoms with van der Waals surface area (Å²) in [6, 6.07) is 6.18. The van der Waals surface area contributed by atoms with E-state index in [2.05, 4.69) is 15.5 Å². The summed E-state index contributed by atoms with van der Waals surface area (Å²) in [6.07, 6.45) is 1.03. The van der Waals surface area contributed by atoms with E-state index in [9.17, 15) is 9.18 Å². The van der Waals surface area contributed by atoms with Gasteiger partial charge in [0.05, 0.1) is 19.8 Å². The van der Waals surface area contributed by atoms with Crippen LogP contribution < -0.4 is 10.6 Å². The summed E-state index contributed by atoms with van der Waals surface area (Å²) in [5.74, 6) is 0.163. The second-order valence-electron chi connectivity index (χ2n) is 6.53. The zero-order valence-corrected chi connectivity index (χ0v) is 14.4. The number of urea groups is 1. The van der Waals surface area contributed by atoms with E-state index in [1.54, 1.807) is 12.1 Å². The lowest BCUT2D eigenvalue weighted by Crippen LogP contribution is -2.53. The van der Waals surface area contributed by atoms with Crippen LogP contribution in [-0.4, -0.2) is 63.0 Å². The van der Waals surface area contributed by atoms with Gasteiger partial charge in [0.15, 0.2) is 0 Å². The molecule has 2 atom stereocenters. The average Bonchev–Trinajstić information content (AvgIpc) is 3.17. The van der Waals surface area contributed by atoms with Gasteiger partial charge in [0, 0.05) is 44.7 Å². The van der Waals surface area contributed by atoms with Gasteiger partial charge >= 0.3 is 6.03 Å². The molecule has 0 aliphatic carbocycles. The topological polar surface area (TPSA) is 62.8 Å². The Morgan fingerprint density at radius 3 is 2.60 bits per heavy atom. The fourth-order valence-corrected chi connectivity index (χ4v) is 3.40. The molecule has 0 saturated carbocycles. The predicted octanol–water partition coefficient (Wildman–Crippen LogP) is 1.36. The van der Waals surface area contributed by atoms with Gasteiger partial charge in [0.1, 0.15) is 5.82 Å². The zero-order chi connectivity index (χ0) is 17.5. The highest BCUT2D eigenvalue weighted by Crippen LogP contribution is 2.21. The fraction of sp³-hybridized carbons (Fsp3) is 0.611. The van der Waals surface area contributed by atoms with Crippen molar-refractivity contribution >= 4 is 6.03 Å². The normalized spacial score (nSPS) is 22.5. The third kappa shape index (κ3) is 5.39. The Morgan fingerprint density at radius 1 is 1.16 bits per heavy atom. The highest BCUT2D eigenvalue weighted by molar-refractivity contribution is 5.73. The zero-order valence-electron chi connectivity index (χ0n) is 14.4. The molecular weight excluding hydrogens is 325 g/mol. The van der Waals surface area contributed by atoms with E-state index >= 15 is 0 Å². The van der Waals surface area contributed by atoms with Crippen LogP contribution in [0.3, 0.4) is 0 Å². The number of nitrogens with one attached hydrogen (secondary N) is 2. The van der Waals surface area contributed by atoms with Crippen molar-refractivity contribution in [3.05, 3.63) is 35.6 Å². The Balaban J connectivity index is 1.47. The summed E-state index contributed by atoms with van der Waals surface area (Å²) >= 11 is 0. The molecule has 0 spiro atoms. The minimum Gasteiger partial charge on any atom is -0.381 e. The van der Waals surface area contributed by atoms with Crippen LogP contribution in [0.5, 0.6) is 0 Å². The summed E-state index contributed by atoms with van der Waals surface area (Å²) in [7, 11) is 0. The van der Waals surface area contributed by atoms with E-state index in [0.717, 1.165) is 51.5 Å². The van der Waals surface area contributed by atoms with Crippen LogP contribution in [0.4, 0.5) is 9.18 Å². The van der Waals surface area contributed by atoms with Gasteiger partial charge in [-0.2, -0.15) is 0 Å². The molecule has 6 nitrogen and oxygen atoms in total. The Kier molecular flexibility index (Phi) is 6.61. The quantitative estimate of drug-likeness (QED) is 0.812. The van der Waals surface area contributed by atoms with Crippen LogP contribution in [0.1, 0.15) is 12.0 Å². The van der Waals surface area contributed by atoms with Crippen LogP contribution in [0, 0.1) is 11.7 Å². The molecule has 7 heteroatoms. The summed E-state index contributed by atoms with van der Waals surface area (Å²) in [5, 5.41) is 5.80. The number of hydrogen-bond acceptors (Lipinski definition) is 4. The number of carbonyl (C=O) groups is 1. The van der Waals surface area contributed by atoms with Crippen molar-refractivity contribution in [3.63, 3.8) is 0 Å². The third-order valence-corrected chi connectivity index (χ3v) is 4.86. The molecule has 0 radical (unpaired) electrons.